The molecule has 3 atom stereocenters. The predicted octanol–water partition coefficient (Wildman–Crippen LogP) is 4.07. The number of ether oxygens (including phenoxy) is 1. The van der Waals surface area contributed by atoms with Crippen LogP contribution < -0.4 is 5.32 Å². The summed E-state index contributed by atoms with van der Waals surface area (Å²) in [6.07, 6.45) is 5.55. The van der Waals surface area contributed by atoms with Crippen molar-refractivity contribution in [3.05, 3.63) is 34.9 Å². The van der Waals surface area contributed by atoms with Gasteiger partial charge in [0.1, 0.15) is 0 Å². The fourth-order valence-corrected chi connectivity index (χ4v) is 3.10. The van der Waals surface area contributed by atoms with Crippen LogP contribution in [0.3, 0.4) is 0 Å². The van der Waals surface area contributed by atoms with E-state index in [4.69, 9.17) is 16.3 Å². The zero-order valence-corrected chi connectivity index (χ0v) is 13.3. The van der Waals surface area contributed by atoms with E-state index in [0.29, 0.717) is 18.1 Å². The molecule has 0 bridgehead atoms. The van der Waals surface area contributed by atoms with Crippen molar-refractivity contribution in [2.75, 3.05) is 13.1 Å². The standard InChI is InChI=1S/C17H26ClNO/c1-3-19-12-15(11-17-9-4-13(2)20-17)10-14-5-7-16(18)8-6-14/h5-8,13,15,17,19H,3-4,9-12H2,1-2H3. The third kappa shape index (κ3) is 5.08. The van der Waals surface area contributed by atoms with Crippen LogP contribution in [0.5, 0.6) is 0 Å². The SMILES string of the molecule is CCNCC(Cc1ccc(Cl)cc1)CC1CCC(C)O1. The van der Waals surface area contributed by atoms with Gasteiger partial charge in [-0.05, 0) is 69.3 Å². The van der Waals surface area contributed by atoms with E-state index in [1.54, 1.807) is 0 Å². The van der Waals surface area contributed by atoms with Crippen LogP contribution in [-0.2, 0) is 11.2 Å². The highest BCUT2D eigenvalue weighted by Crippen LogP contribution is 2.26. The van der Waals surface area contributed by atoms with Crippen molar-refractivity contribution in [1.29, 1.82) is 0 Å². The molecule has 0 saturated carbocycles. The van der Waals surface area contributed by atoms with Crippen LogP contribution in [0.1, 0.15) is 38.7 Å². The molecule has 1 heterocycles. The minimum atomic E-state index is 0.440. The Hall–Kier alpha value is -0.570. The molecule has 112 valence electrons. The third-order valence-corrected chi connectivity index (χ3v) is 4.29. The Morgan fingerprint density at radius 3 is 2.65 bits per heavy atom. The number of rotatable bonds is 7. The fourth-order valence-electron chi connectivity index (χ4n) is 2.97. The summed E-state index contributed by atoms with van der Waals surface area (Å²) in [6, 6.07) is 8.24. The maximum atomic E-state index is 5.98. The van der Waals surface area contributed by atoms with Crippen LogP contribution in [0.4, 0.5) is 0 Å². The van der Waals surface area contributed by atoms with Crippen molar-refractivity contribution >= 4 is 11.6 Å². The second kappa shape index (κ2) is 8.02. The van der Waals surface area contributed by atoms with Gasteiger partial charge < -0.3 is 10.1 Å². The Morgan fingerprint density at radius 1 is 1.30 bits per heavy atom. The lowest BCUT2D eigenvalue weighted by Crippen LogP contribution is -2.27. The van der Waals surface area contributed by atoms with Crippen LogP contribution in [-0.4, -0.2) is 25.3 Å². The average Bonchev–Trinajstić information content (AvgIpc) is 2.84. The number of halogens is 1. The van der Waals surface area contributed by atoms with Gasteiger partial charge in [0.15, 0.2) is 0 Å². The topological polar surface area (TPSA) is 21.3 Å². The predicted molar refractivity (Wildman–Crippen MR) is 85.4 cm³/mol. The van der Waals surface area contributed by atoms with Gasteiger partial charge in [-0.15, -0.1) is 0 Å². The van der Waals surface area contributed by atoms with Gasteiger partial charge in [-0.3, -0.25) is 0 Å². The number of benzene rings is 1. The van der Waals surface area contributed by atoms with Crippen LogP contribution >= 0.6 is 11.6 Å². The van der Waals surface area contributed by atoms with Crippen molar-refractivity contribution < 1.29 is 4.74 Å². The molecule has 0 aromatic heterocycles. The largest absolute Gasteiger partial charge is 0.375 e. The molecule has 3 heteroatoms. The van der Waals surface area contributed by atoms with Crippen molar-refractivity contribution in [2.24, 2.45) is 5.92 Å². The molecule has 1 N–H and O–H groups in total. The minimum absolute atomic E-state index is 0.440. The molecule has 0 aliphatic carbocycles. The number of nitrogens with one attached hydrogen (secondary N) is 1. The normalized spacial score (nSPS) is 23.9. The molecule has 0 amide bonds. The zero-order chi connectivity index (χ0) is 14.4. The summed E-state index contributed by atoms with van der Waals surface area (Å²) in [6.45, 7) is 6.43. The van der Waals surface area contributed by atoms with E-state index in [0.717, 1.165) is 31.0 Å². The molecule has 1 aliphatic heterocycles. The summed E-state index contributed by atoms with van der Waals surface area (Å²) < 4.78 is 5.98. The Bertz CT molecular complexity index is 392. The Kier molecular flexibility index (Phi) is 6.34. The molecular formula is C17H26ClNO. The van der Waals surface area contributed by atoms with Gasteiger partial charge in [0.05, 0.1) is 12.2 Å². The maximum Gasteiger partial charge on any atom is 0.0583 e. The van der Waals surface area contributed by atoms with Gasteiger partial charge in [-0.1, -0.05) is 30.7 Å². The molecule has 2 rings (SSSR count). The van der Waals surface area contributed by atoms with Crippen LogP contribution in [0.25, 0.3) is 0 Å². The molecule has 1 fully saturated rings. The first-order chi connectivity index (χ1) is 9.67. The quantitative estimate of drug-likeness (QED) is 0.819. The monoisotopic (exact) mass is 295 g/mol. The van der Waals surface area contributed by atoms with E-state index < -0.39 is 0 Å². The van der Waals surface area contributed by atoms with E-state index in [2.05, 4.69) is 31.3 Å². The van der Waals surface area contributed by atoms with E-state index in [-0.39, 0.29) is 0 Å². The average molecular weight is 296 g/mol. The van der Waals surface area contributed by atoms with E-state index in [1.165, 1.54) is 18.4 Å². The second-order valence-electron chi connectivity index (χ2n) is 5.89. The minimum Gasteiger partial charge on any atom is -0.375 e. The van der Waals surface area contributed by atoms with Gasteiger partial charge in [0.25, 0.3) is 0 Å². The third-order valence-electron chi connectivity index (χ3n) is 4.04. The Balaban J connectivity index is 1.90. The van der Waals surface area contributed by atoms with E-state index >= 15 is 0 Å². The zero-order valence-electron chi connectivity index (χ0n) is 12.6. The Morgan fingerprint density at radius 2 is 2.05 bits per heavy atom. The first-order valence-electron chi connectivity index (χ1n) is 7.78. The number of hydrogen-bond acceptors (Lipinski definition) is 2. The first-order valence-corrected chi connectivity index (χ1v) is 8.15. The molecule has 1 saturated heterocycles. The summed E-state index contributed by atoms with van der Waals surface area (Å²) in [5.41, 5.74) is 1.36. The van der Waals surface area contributed by atoms with E-state index in [1.807, 2.05) is 12.1 Å². The van der Waals surface area contributed by atoms with Gasteiger partial charge >= 0.3 is 0 Å². The van der Waals surface area contributed by atoms with Crippen molar-refractivity contribution in [3.8, 4) is 0 Å². The first kappa shape index (κ1) is 15.8. The lowest BCUT2D eigenvalue weighted by Gasteiger charge is -2.21. The van der Waals surface area contributed by atoms with Gasteiger partial charge in [-0.25, -0.2) is 0 Å². The molecular weight excluding hydrogens is 270 g/mol. The molecule has 3 unspecified atom stereocenters. The molecule has 0 radical (unpaired) electrons. The molecule has 20 heavy (non-hydrogen) atoms. The molecule has 1 aliphatic rings. The summed E-state index contributed by atoms with van der Waals surface area (Å²) in [7, 11) is 0. The molecule has 1 aromatic carbocycles. The summed E-state index contributed by atoms with van der Waals surface area (Å²) in [5, 5.41) is 4.29. The van der Waals surface area contributed by atoms with Gasteiger partial charge in [0, 0.05) is 5.02 Å². The summed E-state index contributed by atoms with van der Waals surface area (Å²) >= 11 is 5.95. The summed E-state index contributed by atoms with van der Waals surface area (Å²) in [5.74, 6) is 0.631. The van der Waals surface area contributed by atoms with Crippen molar-refractivity contribution in [1.82, 2.24) is 5.32 Å². The van der Waals surface area contributed by atoms with Crippen molar-refractivity contribution in [3.63, 3.8) is 0 Å². The van der Waals surface area contributed by atoms with Crippen LogP contribution in [0.2, 0.25) is 5.02 Å². The molecule has 1 aromatic rings. The van der Waals surface area contributed by atoms with Gasteiger partial charge in [-0.2, -0.15) is 0 Å². The Labute approximate surface area is 127 Å². The maximum absolute atomic E-state index is 5.98. The summed E-state index contributed by atoms with van der Waals surface area (Å²) in [4.78, 5) is 0. The lowest BCUT2D eigenvalue weighted by molar-refractivity contribution is 0.0408. The fraction of sp³-hybridized carbons (Fsp3) is 0.647. The smallest absolute Gasteiger partial charge is 0.0583 e. The molecule has 0 spiro atoms. The lowest BCUT2D eigenvalue weighted by atomic mass is 9.92. The van der Waals surface area contributed by atoms with Crippen LogP contribution in [0, 0.1) is 5.92 Å². The highest BCUT2D eigenvalue weighted by atomic mass is 35.5. The molecule has 2 nitrogen and oxygen atoms in total. The number of hydrogen-bond donors (Lipinski definition) is 1. The second-order valence-corrected chi connectivity index (χ2v) is 6.32. The van der Waals surface area contributed by atoms with Crippen molar-refractivity contribution in [2.45, 2.75) is 51.7 Å². The highest BCUT2D eigenvalue weighted by Gasteiger charge is 2.24. The highest BCUT2D eigenvalue weighted by molar-refractivity contribution is 6.30. The van der Waals surface area contributed by atoms with Gasteiger partial charge in [0.2, 0.25) is 0 Å². The van der Waals surface area contributed by atoms with E-state index in [9.17, 15) is 0 Å². The van der Waals surface area contributed by atoms with Crippen LogP contribution in [0.15, 0.2) is 24.3 Å².